The minimum atomic E-state index is -3.86. The van der Waals surface area contributed by atoms with E-state index in [2.05, 4.69) is 5.32 Å². The van der Waals surface area contributed by atoms with Crippen molar-refractivity contribution >= 4 is 48.9 Å². The van der Waals surface area contributed by atoms with Gasteiger partial charge in [-0.15, -0.1) is 0 Å². The molecule has 3 aromatic rings. The number of rotatable bonds is 8. The number of anilines is 2. The first-order valence-electron chi connectivity index (χ1n) is 10.1. The zero-order valence-electron chi connectivity index (χ0n) is 19.3. The summed E-state index contributed by atoms with van der Waals surface area (Å²) in [5, 5.41) is 2.76. The van der Waals surface area contributed by atoms with Crippen LogP contribution in [0.2, 0.25) is 0 Å². The molecule has 0 aliphatic heterocycles. The number of carbonyl (C=O) groups is 1. The van der Waals surface area contributed by atoms with E-state index < -0.39 is 22.0 Å². The SMILES string of the molecule is COc1ccc(OC)c(N([C@H](C)C(=O)Nc2ccc3c(c2)sc(=O)n3C(C)C)S(C)(=O)=O)c1. The van der Waals surface area contributed by atoms with Crippen LogP contribution >= 0.6 is 11.3 Å². The van der Waals surface area contributed by atoms with Crippen molar-refractivity contribution in [2.45, 2.75) is 32.9 Å². The van der Waals surface area contributed by atoms with Crippen LogP contribution in [0.5, 0.6) is 11.5 Å². The molecule has 0 bridgehead atoms. The van der Waals surface area contributed by atoms with E-state index in [1.165, 1.54) is 27.2 Å². The average Bonchev–Trinajstić information content (AvgIpc) is 3.07. The first-order valence-corrected chi connectivity index (χ1v) is 12.8. The minimum Gasteiger partial charge on any atom is -0.497 e. The second kappa shape index (κ2) is 9.44. The van der Waals surface area contributed by atoms with Gasteiger partial charge in [0, 0.05) is 17.8 Å². The monoisotopic (exact) mass is 493 g/mol. The zero-order valence-corrected chi connectivity index (χ0v) is 20.9. The smallest absolute Gasteiger partial charge is 0.308 e. The summed E-state index contributed by atoms with van der Waals surface area (Å²) in [6, 6.07) is 8.79. The summed E-state index contributed by atoms with van der Waals surface area (Å²) >= 11 is 1.09. The number of hydrogen-bond acceptors (Lipinski definition) is 7. The number of nitrogens with zero attached hydrogens (tertiary/aromatic N) is 2. The fourth-order valence-electron chi connectivity index (χ4n) is 3.60. The van der Waals surface area contributed by atoms with Gasteiger partial charge < -0.3 is 14.8 Å². The van der Waals surface area contributed by atoms with E-state index in [4.69, 9.17) is 9.47 Å². The summed E-state index contributed by atoms with van der Waals surface area (Å²) in [5.74, 6) is 0.157. The van der Waals surface area contributed by atoms with Gasteiger partial charge in [0.2, 0.25) is 15.9 Å². The van der Waals surface area contributed by atoms with Crippen LogP contribution in [0.15, 0.2) is 41.2 Å². The van der Waals surface area contributed by atoms with E-state index >= 15 is 0 Å². The van der Waals surface area contributed by atoms with Crippen molar-refractivity contribution in [3.05, 3.63) is 46.1 Å². The molecule has 1 N–H and O–H groups in total. The second-order valence-electron chi connectivity index (χ2n) is 7.78. The maximum atomic E-state index is 13.1. The van der Waals surface area contributed by atoms with Gasteiger partial charge in [0.15, 0.2) is 0 Å². The Hall–Kier alpha value is -3.05. The Kier molecular flexibility index (Phi) is 7.03. The van der Waals surface area contributed by atoms with E-state index in [-0.39, 0.29) is 22.4 Å². The maximum Gasteiger partial charge on any atom is 0.308 e. The van der Waals surface area contributed by atoms with Crippen LogP contribution in [-0.4, -0.2) is 45.4 Å². The Labute approximate surface area is 196 Å². The number of thiazole rings is 1. The average molecular weight is 494 g/mol. The molecule has 1 heterocycles. The van der Waals surface area contributed by atoms with E-state index in [1.54, 1.807) is 34.9 Å². The molecule has 2 aromatic carbocycles. The number of sulfonamides is 1. The quantitative estimate of drug-likeness (QED) is 0.515. The lowest BCUT2D eigenvalue weighted by Crippen LogP contribution is -2.45. The molecular formula is C22H27N3O6S2. The minimum absolute atomic E-state index is 0.00729. The van der Waals surface area contributed by atoms with Gasteiger partial charge in [-0.3, -0.25) is 18.5 Å². The predicted octanol–water partition coefficient (Wildman–Crippen LogP) is 3.45. The molecule has 9 nitrogen and oxygen atoms in total. The Morgan fingerprint density at radius 2 is 1.79 bits per heavy atom. The molecule has 11 heteroatoms. The number of benzene rings is 2. The van der Waals surface area contributed by atoms with Gasteiger partial charge in [-0.2, -0.15) is 0 Å². The third kappa shape index (κ3) is 4.98. The van der Waals surface area contributed by atoms with E-state index in [0.717, 1.165) is 32.1 Å². The molecule has 1 amide bonds. The number of hydrogen-bond donors (Lipinski definition) is 1. The lowest BCUT2D eigenvalue weighted by Gasteiger charge is -2.29. The van der Waals surface area contributed by atoms with E-state index in [0.29, 0.717) is 11.4 Å². The van der Waals surface area contributed by atoms with Crippen LogP contribution in [0.1, 0.15) is 26.8 Å². The molecule has 0 aliphatic rings. The molecule has 0 unspecified atom stereocenters. The van der Waals surface area contributed by atoms with Gasteiger partial charge in [-0.1, -0.05) is 11.3 Å². The van der Waals surface area contributed by atoms with Crippen LogP contribution in [0.3, 0.4) is 0 Å². The molecule has 0 aliphatic carbocycles. The van der Waals surface area contributed by atoms with Crippen LogP contribution in [0, 0.1) is 0 Å². The van der Waals surface area contributed by atoms with Gasteiger partial charge in [-0.25, -0.2) is 8.42 Å². The molecular weight excluding hydrogens is 466 g/mol. The lowest BCUT2D eigenvalue weighted by molar-refractivity contribution is -0.116. The van der Waals surface area contributed by atoms with Crippen molar-refractivity contribution in [2.75, 3.05) is 30.1 Å². The number of fused-ring (bicyclic) bond motifs is 1. The summed E-state index contributed by atoms with van der Waals surface area (Å²) in [7, 11) is -0.985. The highest BCUT2D eigenvalue weighted by molar-refractivity contribution is 7.92. The molecule has 0 saturated heterocycles. The highest BCUT2D eigenvalue weighted by atomic mass is 32.2. The number of ether oxygens (including phenoxy) is 2. The molecule has 178 valence electrons. The van der Waals surface area contributed by atoms with Crippen LogP contribution in [-0.2, 0) is 14.8 Å². The summed E-state index contributed by atoms with van der Waals surface area (Å²) in [6.45, 7) is 5.34. The Morgan fingerprint density at radius 1 is 1.09 bits per heavy atom. The van der Waals surface area contributed by atoms with Crippen molar-refractivity contribution in [1.82, 2.24) is 4.57 Å². The first-order chi connectivity index (χ1) is 15.5. The Morgan fingerprint density at radius 3 is 2.36 bits per heavy atom. The highest BCUT2D eigenvalue weighted by Gasteiger charge is 2.32. The van der Waals surface area contributed by atoms with Crippen molar-refractivity contribution in [3.8, 4) is 11.5 Å². The molecule has 1 aromatic heterocycles. The number of amides is 1. The summed E-state index contributed by atoms with van der Waals surface area (Å²) < 4.78 is 39.3. The summed E-state index contributed by atoms with van der Waals surface area (Å²) in [5.41, 5.74) is 1.43. The third-order valence-corrected chi connectivity index (χ3v) is 7.25. The fourth-order valence-corrected chi connectivity index (χ4v) is 5.82. The summed E-state index contributed by atoms with van der Waals surface area (Å²) in [4.78, 5) is 25.3. The highest BCUT2D eigenvalue weighted by Crippen LogP contribution is 2.35. The van der Waals surface area contributed by atoms with Crippen LogP contribution in [0.25, 0.3) is 10.2 Å². The molecule has 1 atom stereocenters. The standard InChI is InChI=1S/C22H27N3O6S2/c1-13(2)24-17-9-7-15(11-20(17)32-22(24)27)23-21(26)14(3)25(33(6,28)29)18-12-16(30-4)8-10-19(18)31-5/h7-14H,1-6H3,(H,23,26)/t14-/m1/s1. The van der Waals surface area contributed by atoms with Crippen LogP contribution in [0.4, 0.5) is 11.4 Å². The molecule has 3 rings (SSSR count). The van der Waals surface area contributed by atoms with Crippen molar-refractivity contribution in [1.29, 1.82) is 0 Å². The topological polar surface area (TPSA) is 107 Å². The van der Waals surface area contributed by atoms with Gasteiger partial charge in [-0.05, 0) is 51.1 Å². The van der Waals surface area contributed by atoms with Crippen LogP contribution < -0.4 is 24.0 Å². The Balaban J connectivity index is 1.96. The van der Waals surface area contributed by atoms with E-state index in [9.17, 15) is 18.0 Å². The van der Waals surface area contributed by atoms with Gasteiger partial charge in [0.1, 0.15) is 17.5 Å². The van der Waals surface area contributed by atoms with E-state index in [1.807, 2.05) is 13.8 Å². The summed E-state index contributed by atoms with van der Waals surface area (Å²) in [6.07, 6.45) is 1.02. The largest absolute Gasteiger partial charge is 0.497 e. The zero-order chi connectivity index (χ0) is 24.5. The molecule has 0 saturated carbocycles. The second-order valence-corrected chi connectivity index (χ2v) is 10.6. The fraction of sp³-hybridized carbons (Fsp3) is 0.364. The van der Waals surface area contributed by atoms with Gasteiger partial charge in [0.25, 0.3) is 0 Å². The Bertz CT molecular complexity index is 1340. The number of methoxy groups -OCH3 is 2. The van der Waals surface area contributed by atoms with Gasteiger partial charge in [0.05, 0.1) is 36.4 Å². The predicted molar refractivity (Wildman–Crippen MR) is 131 cm³/mol. The van der Waals surface area contributed by atoms with Gasteiger partial charge >= 0.3 is 4.87 Å². The van der Waals surface area contributed by atoms with Crippen molar-refractivity contribution in [3.63, 3.8) is 0 Å². The molecule has 33 heavy (non-hydrogen) atoms. The van der Waals surface area contributed by atoms with Crippen molar-refractivity contribution in [2.24, 2.45) is 0 Å². The number of carbonyl (C=O) groups excluding carboxylic acids is 1. The normalized spacial score (nSPS) is 12.6. The molecule has 0 radical (unpaired) electrons. The maximum absolute atomic E-state index is 13.1. The van der Waals surface area contributed by atoms with Crippen molar-refractivity contribution < 1.29 is 22.7 Å². The lowest BCUT2D eigenvalue weighted by atomic mass is 10.2. The third-order valence-electron chi connectivity index (χ3n) is 5.11. The number of aromatic nitrogens is 1. The molecule has 0 spiro atoms. The number of nitrogens with one attached hydrogen (secondary N) is 1. The first kappa shape index (κ1) is 24.6. The molecule has 0 fully saturated rings.